The molecule has 0 radical (unpaired) electrons. The Morgan fingerprint density at radius 2 is 2.17 bits per heavy atom. The lowest BCUT2D eigenvalue weighted by Crippen LogP contribution is -2.24. The highest BCUT2D eigenvalue weighted by molar-refractivity contribution is 5.79. The van der Waals surface area contributed by atoms with Gasteiger partial charge in [0.15, 0.2) is 5.82 Å². The van der Waals surface area contributed by atoms with Gasteiger partial charge in [0.25, 0.3) is 0 Å². The van der Waals surface area contributed by atoms with Crippen LogP contribution in [0, 0.1) is 0 Å². The summed E-state index contributed by atoms with van der Waals surface area (Å²) in [5, 5.41) is 3.92. The highest BCUT2D eigenvalue weighted by Gasteiger charge is 2.34. The fraction of sp³-hybridized carbons (Fsp3) is 0.471. The minimum atomic E-state index is -0.0189. The first kappa shape index (κ1) is 15.5. The molecule has 122 valence electrons. The normalized spacial score (nSPS) is 17.7. The second kappa shape index (κ2) is 6.81. The van der Waals surface area contributed by atoms with E-state index < -0.39 is 0 Å². The van der Waals surface area contributed by atoms with Crippen LogP contribution in [0.5, 0.6) is 5.75 Å². The molecule has 1 aliphatic rings. The molecule has 0 spiro atoms. The van der Waals surface area contributed by atoms with Crippen LogP contribution in [0.2, 0.25) is 0 Å². The molecule has 0 aliphatic carbocycles. The summed E-state index contributed by atoms with van der Waals surface area (Å²) in [6.07, 6.45) is 1.15. The van der Waals surface area contributed by atoms with Gasteiger partial charge in [-0.05, 0) is 13.0 Å². The van der Waals surface area contributed by atoms with Crippen LogP contribution in [0.25, 0.3) is 0 Å². The lowest BCUT2D eigenvalue weighted by atomic mass is 10.1. The van der Waals surface area contributed by atoms with Gasteiger partial charge in [0.2, 0.25) is 11.8 Å². The SMILES string of the molecule is CCOc1ccccc1CN1CC(c2nc(CC)no2)CC1=O. The van der Waals surface area contributed by atoms with Gasteiger partial charge in [0.1, 0.15) is 5.75 Å². The fourth-order valence-electron chi connectivity index (χ4n) is 2.80. The van der Waals surface area contributed by atoms with E-state index in [9.17, 15) is 4.79 Å². The Morgan fingerprint density at radius 1 is 1.35 bits per heavy atom. The van der Waals surface area contributed by atoms with Gasteiger partial charge in [0.05, 0.1) is 12.5 Å². The third kappa shape index (κ3) is 3.36. The number of rotatable bonds is 6. The van der Waals surface area contributed by atoms with Crippen molar-refractivity contribution < 1.29 is 14.1 Å². The van der Waals surface area contributed by atoms with Crippen molar-refractivity contribution in [1.29, 1.82) is 0 Å². The zero-order chi connectivity index (χ0) is 16.2. The number of nitrogens with zero attached hydrogens (tertiary/aromatic N) is 3. The van der Waals surface area contributed by atoms with Gasteiger partial charge in [-0.1, -0.05) is 30.3 Å². The number of para-hydroxylation sites is 1. The molecule has 6 nitrogen and oxygen atoms in total. The predicted molar refractivity (Wildman–Crippen MR) is 84.1 cm³/mol. The number of carbonyl (C=O) groups excluding carboxylic acids is 1. The van der Waals surface area contributed by atoms with Crippen molar-refractivity contribution in [3.63, 3.8) is 0 Å². The maximum atomic E-state index is 12.3. The molecule has 0 saturated carbocycles. The number of aromatic nitrogens is 2. The zero-order valence-electron chi connectivity index (χ0n) is 13.5. The van der Waals surface area contributed by atoms with Crippen LogP contribution in [-0.4, -0.2) is 34.1 Å². The number of ether oxygens (including phenoxy) is 1. The van der Waals surface area contributed by atoms with Crippen molar-refractivity contribution >= 4 is 5.91 Å². The Morgan fingerprint density at radius 3 is 2.91 bits per heavy atom. The molecule has 2 heterocycles. The Bertz CT molecular complexity index is 683. The molecule has 23 heavy (non-hydrogen) atoms. The number of hydrogen-bond acceptors (Lipinski definition) is 5. The highest BCUT2D eigenvalue weighted by atomic mass is 16.5. The number of likely N-dealkylation sites (tertiary alicyclic amines) is 1. The van der Waals surface area contributed by atoms with E-state index >= 15 is 0 Å². The van der Waals surface area contributed by atoms with Crippen LogP contribution < -0.4 is 4.74 Å². The van der Waals surface area contributed by atoms with E-state index in [2.05, 4.69) is 10.1 Å². The van der Waals surface area contributed by atoms with Gasteiger partial charge in [-0.3, -0.25) is 4.79 Å². The zero-order valence-corrected chi connectivity index (χ0v) is 13.5. The minimum Gasteiger partial charge on any atom is -0.494 e. The molecule has 1 atom stereocenters. The fourth-order valence-corrected chi connectivity index (χ4v) is 2.80. The van der Waals surface area contributed by atoms with E-state index in [0.717, 1.165) is 17.7 Å². The molecule has 1 unspecified atom stereocenters. The summed E-state index contributed by atoms with van der Waals surface area (Å²) in [6, 6.07) is 7.82. The maximum Gasteiger partial charge on any atom is 0.232 e. The first-order chi connectivity index (χ1) is 11.2. The molecular formula is C17H21N3O3. The van der Waals surface area contributed by atoms with Crippen LogP contribution in [0.3, 0.4) is 0 Å². The standard InChI is InChI=1S/C17H21N3O3/c1-3-15-18-17(23-19-15)13-9-16(21)20(11-13)10-12-7-5-6-8-14(12)22-4-2/h5-8,13H,3-4,9-11H2,1-2H3. The second-order valence-corrected chi connectivity index (χ2v) is 5.62. The van der Waals surface area contributed by atoms with Gasteiger partial charge < -0.3 is 14.2 Å². The van der Waals surface area contributed by atoms with Crippen LogP contribution in [0.4, 0.5) is 0 Å². The molecule has 1 amide bonds. The summed E-state index contributed by atoms with van der Waals surface area (Å²) < 4.78 is 10.9. The van der Waals surface area contributed by atoms with Crippen LogP contribution in [-0.2, 0) is 17.8 Å². The van der Waals surface area contributed by atoms with Crippen molar-refractivity contribution in [3.8, 4) is 5.75 Å². The molecule has 0 bridgehead atoms. The summed E-state index contributed by atoms with van der Waals surface area (Å²) in [5.41, 5.74) is 1.02. The van der Waals surface area contributed by atoms with Gasteiger partial charge in [-0.2, -0.15) is 4.98 Å². The quantitative estimate of drug-likeness (QED) is 0.819. The third-order valence-electron chi connectivity index (χ3n) is 4.00. The number of amides is 1. The summed E-state index contributed by atoms with van der Waals surface area (Å²) in [6.45, 7) is 5.68. The summed E-state index contributed by atoms with van der Waals surface area (Å²) >= 11 is 0. The van der Waals surface area contributed by atoms with Gasteiger partial charge in [-0.25, -0.2) is 0 Å². The van der Waals surface area contributed by atoms with E-state index in [1.165, 1.54) is 0 Å². The number of hydrogen-bond donors (Lipinski definition) is 0. The molecule has 6 heteroatoms. The van der Waals surface area contributed by atoms with Crippen LogP contribution >= 0.6 is 0 Å². The predicted octanol–water partition coefficient (Wildman–Crippen LogP) is 2.55. The van der Waals surface area contributed by atoms with Gasteiger partial charge in [-0.15, -0.1) is 0 Å². The summed E-state index contributed by atoms with van der Waals surface area (Å²) in [4.78, 5) is 18.5. The molecular weight excluding hydrogens is 294 g/mol. The Hall–Kier alpha value is -2.37. The highest BCUT2D eigenvalue weighted by Crippen LogP contribution is 2.30. The minimum absolute atomic E-state index is 0.0189. The van der Waals surface area contributed by atoms with Crippen molar-refractivity contribution in [3.05, 3.63) is 41.5 Å². The van der Waals surface area contributed by atoms with E-state index in [-0.39, 0.29) is 11.8 Å². The van der Waals surface area contributed by atoms with Crippen molar-refractivity contribution in [2.24, 2.45) is 0 Å². The molecule has 1 aromatic carbocycles. The molecule has 0 N–H and O–H groups in total. The first-order valence-electron chi connectivity index (χ1n) is 8.02. The Balaban J connectivity index is 1.71. The summed E-state index contributed by atoms with van der Waals surface area (Å²) in [5.74, 6) is 2.17. The first-order valence-corrected chi connectivity index (χ1v) is 8.02. The average molecular weight is 315 g/mol. The molecule has 1 saturated heterocycles. The number of benzene rings is 1. The third-order valence-corrected chi connectivity index (χ3v) is 4.00. The average Bonchev–Trinajstić information content (AvgIpc) is 3.17. The molecule has 3 rings (SSSR count). The number of carbonyl (C=O) groups is 1. The lowest BCUT2D eigenvalue weighted by Gasteiger charge is -2.18. The van der Waals surface area contributed by atoms with Crippen molar-refractivity contribution in [2.45, 2.75) is 39.2 Å². The van der Waals surface area contributed by atoms with Crippen molar-refractivity contribution in [2.75, 3.05) is 13.2 Å². The van der Waals surface area contributed by atoms with Gasteiger partial charge >= 0.3 is 0 Å². The topological polar surface area (TPSA) is 68.5 Å². The van der Waals surface area contributed by atoms with E-state index in [1.54, 1.807) is 0 Å². The largest absolute Gasteiger partial charge is 0.494 e. The second-order valence-electron chi connectivity index (χ2n) is 5.62. The monoisotopic (exact) mass is 315 g/mol. The lowest BCUT2D eigenvalue weighted by molar-refractivity contribution is -0.128. The van der Waals surface area contributed by atoms with E-state index in [4.69, 9.17) is 9.26 Å². The molecule has 1 aromatic heterocycles. The summed E-state index contributed by atoms with van der Waals surface area (Å²) in [7, 11) is 0. The van der Waals surface area contributed by atoms with Crippen LogP contribution in [0.1, 0.15) is 43.5 Å². The van der Waals surface area contributed by atoms with E-state index in [1.807, 2.05) is 43.0 Å². The van der Waals surface area contributed by atoms with Gasteiger partial charge in [0, 0.05) is 31.5 Å². The smallest absolute Gasteiger partial charge is 0.232 e. The molecule has 2 aromatic rings. The maximum absolute atomic E-state index is 12.3. The number of aryl methyl sites for hydroxylation is 1. The molecule has 1 aliphatic heterocycles. The molecule has 1 fully saturated rings. The Labute approximate surface area is 135 Å². The Kier molecular flexibility index (Phi) is 4.60. The van der Waals surface area contributed by atoms with E-state index in [0.29, 0.717) is 37.8 Å². The van der Waals surface area contributed by atoms with Crippen LogP contribution in [0.15, 0.2) is 28.8 Å². The van der Waals surface area contributed by atoms with Crippen molar-refractivity contribution in [1.82, 2.24) is 15.0 Å².